The zero-order valence-corrected chi connectivity index (χ0v) is 14.7. The maximum absolute atomic E-state index is 12.7. The molecule has 8 heteroatoms. The summed E-state index contributed by atoms with van der Waals surface area (Å²) in [5.74, 6) is -0.231. The summed E-state index contributed by atoms with van der Waals surface area (Å²) >= 11 is 6.25. The standard InChI is InChI=1S/C17H21ClN2O5/c18-14-9-12(10-19-15(14)25-13-1-6-22-11-13)16(21)20-4-2-17(3-5-20)23-7-8-24-17/h9-10,13H,1-8,11H2. The van der Waals surface area contributed by atoms with Gasteiger partial charge in [-0.05, 0) is 6.07 Å². The molecule has 0 aromatic carbocycles. The van der Waals surface area contributed by atoms with E-state index >= 15 is 0 Å². The second-order valence-electron chi connectivity index (χ2n) is 6.51. The molecule has 0 aliphatic carbocycles. The Balaban J connectivity index is 1.39. The van der Waals surface area contributed by atoms with Gasteiger partial charge in [0, 0.05) is 38.5 Å². The molecule has 0 radical (unpaired) electrons. The zero-order valence-electron chi connectivity index (χ0n) is 13.9. The normalized spacial score (nSPS) is 25.5. The molecule has 1 unspecified atom stereocenters. The first-order valence-corrected chi connectivity index (χ1v) is 9.00. The summed E-state index contributed by atoms with van der Waals surface area (Å²) in [4.78, 5) is 18.7. The maximum Gasteiger partial charge on any atom is 0.255 e. The van der Waals surface area contributed by atoms with Crippen molar-refractivity contribution in [3.63, 3.8) is 0 Å². The molecule has 1 amide bonds. The Labute approximate surface area is 151 Å². The Morgan fingerprint density at radius 1 is 1.28 bits per heavy atom. The van der Waals surface area contributed by atoms with Crippen LogP contribution in [0.2, 0.25) is 5.02 Å². The first-order chi connectivity index (χ1) is 12.2. The second-order valence-corrected chi connectivity index (χ2v) is 6.92. The highest BCUT2D eigenvalue weighted by Gasteiger charge is 2.41. The molecule has 4 heterocycles. The van der Waals surface area contributed by atoms with Crippen LogP contribution in [0.4, 0.5) is 0 Å². The topological polar surface area (TPSA) is 70.1 Å². The Morgan fingerprint density at radius 3 is 2.68 bits per heavy atom. The van der Waals surface area contributed by atoms with Crippen molar-refractivity contribution >= 4 is 17.5 Å². The number of carbonyl (C=O) groups is 1. The number of amides is 1. The van der Waals surface area contributed by atoms with Crippen LogP contribution in [0, 0.1) is 0 Å². The van der Waals surface area contributed by atoms with E-state index in [4.69, 9.17) is 30.5 Å². The molecule has 1 atom stereocenters. The Kier molecular flexibility index (Phi) is 4.82. The van der Waals surface area contributed by atoms with Crippen molar-refractivity contribution in [2.75, 3.05) is 39.5 Å². The van der Waals surface area contributed by atoms with Crippen molar-refractivity contribution in [2.24, 2.45) is 0 Å². The van der Waals surface area contributed by atoms with E-state index in [1.165, 1.54) is 6.20 Å². The fraction of sp³-hybridized carbons (Fsp3) is 0.647. The number of nitrogens with zero attached hydrogens (tertiary/aromatic N) is 2. The third kappa shape index (κ3) is 3.60. The lowest BCUT2D eigenvalue weighted by Crippen LogP contribution is -2.47. The van der Waals surface area contributed by atoms with E-state index in [-0.39, 0.29) is 12.0 Å². The fourth-order valence-electron chi connectivity index (χ4n) is 3.41. The van der Waals surface area contributed by atoms with E-state index in [9.17, 15) is 4.79 Å². The average Bonchev–Trinajstić information content (AvgIpc) is 3.29. The molecule has 4 rings (SSSR count). The summed E-state index contributed by atoms with van der Waals surface area (Å²) in [6.45, 7) is 3.66. The monoisotopic (exact) mass is 368 g/mol. The quantitative estimate of drug-likeness (QED) is 0.811. The van der Waals surface area contributed by atoms with Gasteiger partial charge in [0.2, 0.25) is 5.88 Å². The highest BCUT2D eigenvalue weighted by molar-refractivity contribution is 6.32. The molecular weight excluding hydrogens is 348 g/mol. The minimum atomic E-state index is -0.492. The molecule has 3 saturated heterocycles. The van der Waals surface area contributed by atoms with Gasteiger partial charge in [0.15, 0.2) is 5.79 Å². The number of halogens is 1. The maximum atomic E-state index is 12.7. The Hall–Kier alpha value is -1.41. The van der Waals surface area contributed by atoms with E-state index in [2.05, 4.69) is 4.98 Å². The number of hydrogen-bond donors (Lipinski definition) is 0. The van der Waals surface area contributed by atoms with E-state index < -0.39 is 5.79 Å². The van der Waals surface area contributed by atoms with Gasteiger partial charge in [-0.15, -0.1) is 0 Å². The van der Waals surface area contributed by atoms with Crippen LogP contribution in [0.1, 0.15) is 29.6 Å². The second kappa shape index (κ2) is 7.07. The molecule has 1 aromatic heterocycles. The lowest BCUT2D eigenvalue weighted by Gasteiger charge is -2.37. The Morgan fingerprint density at radius 2 is 2.04 bits per heavy atom. The summed E-state index contributed by atoms with van der Waals surface area (Å²) in [6, 6.07) is 1.62. The molecule has 136 valence electrons. The highest BCUT2D eigenvalue weighted by atomic mass is 35.5. The van der Waals surface area contributed by atoms with Crippen LogP contribution < -0.4 is 4.74 Å². The van der Waals surface area contributed by atoms with E-state index in [0.29, 0.717) is 68.8 Å². The van der Waals surface area contributed by atoms with Gasteiger partial charge in [0.05, 0.1) is 32.0 Å². The van der Waals surface area contributed by atoms with Crippen LogP contribution in [0.15, 0.2) is 12.3 Å². The van der Waals surface area contributed by atoms with Crippen molar-refractivity contribution in [3.05, 3.63) is 22.8 Å². The SMILES string of the molecule is O=C(c1cnc(OC2CCOC2)c(Cl)c1)N1CCC2(CC1)OCCO2. The molecule has 25 heavy (non-hydrogen) atoms. The van der Waals surface area contributed by atoms with Crippen LogP contribution in [0.3, 0.4) is 0 Å². The zero-order chi connectivity index (χ0) is 17.3. The molecule has 7 nitrogen and oxygen atoms in total. The molecular formula is C17H21ClN2O5. The number of aromatic nitrogens is 1. The van der Waals surface area contributed by atoms with E-state index in [1.54, 1.807) is 11.0 Å². The van der Waals surface area contributed by atoms with Crippen molar-refractivity contribution in [1.29, 1.82) is 0 Å². The largest absolute Gasteiger partial charge is 0.471 e. The molecule has 3 aliphatic heterocycles. The van der Waals surface area contributed by atoms with Crippen LogP contribution in [0.5, 0.6) is 5.88 Å². The summed E-state index contributed by atoms with van der Waals surface area (Å²) in [6.07, 6.45) is 3.67. The molecule has 3 aliphatic rings. The number of pyridine rings is 1. The predicted octanol–water partition coefficient (Wildman–Crippen LogP) is 1.88. The minimum absolute atomic E-state index is 0.0313. The molecule has 0 bridgehead atoms. The van der Waals surface area contributed by atoms with E-state index in [0.717, 1.165) is 6.42 Å². The molecule has 0 N–H and O–H groups in total. The van der Waals surface area contributed by atoms with Gasteiger partial charge in [-0.1, -0.05) is 11.6 Å². The number of piperidine rings is 1. The lowest BCUT2D eigenvalue weighted by molar-refractivity contribution is -0.181. The lowest BCUT2D eigenvalue weighted by atomic mass is 10.0. The van der Waals surface area contributed by atoms with Crippen LogP contribution in [-0.2, 0) is 14.2 Å². The number of likely N-dealkylation sites (tertiary alicyclic amines) is 1. The summed E-state index contributed by atoms with van der Waals surface area (Å²) in [5, 5.41) is 0.341. The van der Waals surface area contributed by atoms with E-state index in [1.807, 2.05) is 0 Å². The fourth-order valence-corrected chi connectivity index (χ4v) is 3.62. The summed E-state index contributed by atoms with van der Waals surface area (Å²) < 4.78 is 22.4. The molecule has 1 aromatic rings. The third-order valence-electron chi connectivity index (χ3n) is 4.85. The van der Waals surface area contributed by atoms with Gasteiger partial charge in [0.1, 0.15) is 11.1 Å². The number of ether oxygens (including phenoxy) is 4. The number of rotatable bonds is 3. The average molecular weight is 369 g/mol. The van der Waals surface area contributed by atoms with Gasteiger partial charge >= 0.3 is 0 Å². The minimum Gasteiger partial charge on any atom is -0.471 e. The van der Waals surface area contributed by atoms with Gasteiger partial charge in [-0.2, -0.15) is 0 Å². The number of carbonyl (C=O) groups excluding carboxylic acids is 1. The van der Waals surface area contributed by atoms with Gasteiger partial charge in [-0.3, -0.25) is 4.79 Å². The van der Waals surface area contributed by atoms with Crippen molar-refractivity contribution in [3.8, 4) is 5.88 Å². The third-order valence-corrected chi connectivity index (χ3v) is 5.12. The van der Waals surface area contributed by atoms with Crippen molar-refractivity contribution in [1.82, 2.24) is 9.88 Å². The summed E-state index contributed by atoms with van der Waals surface area (Å²) in [7, 11) is 0. The van der Waals surface area contributed by atoms with Crippen LogP contribution in [0.25, 0.3) is 0 Å². The van der Waals surface area contributed by atoms with Gasteiger partial charge in [0.25, 0.3) is 5.91 Å². The van der Waals surface area contributed by atoms with Crippen LogP contribution >= 0.6 is 11.6 Å². The highest BCUT2D eigenvalue weighted by Crippen LogP contribution is 2.32. The predicted molar refractivity (Wildman–Crippen MR) is 88.9 cm³/mol. The van der Waals surface area contributed by atoms with Gasteiger partial charge < -0.3 is 23.8 Å². The molecule has 0 saturated carbocycles. The van der Waals surface area contributed by atoms with Crippen molar-refractivity contribution in [2.45, 2.75) is 31.2 Å². The molecule has 1 spiro atoms. The van der Waals surface area contributed by atoms with Crippen molar-refractivity contribution < 1.29 is 23.7 Å². The molecule has 3 fully saturated rings. The van der Waals surface area contributed by atoms with Crippen LogP contribution in [-0.4, -0.2) is 67.2 Å². The first-order valence-electron chi connectivity index (χ1n) is 8.62. The Bertz CT molecular complexity index is 634. The summed E-state index contributed by atoms with van der Waals surface area (Å²) in [5.41, 5.74) is 0.462. The van der Waals surface area contributed by atoms with Gasteiger partial charge in [-0.25, -0.2) is 4.98 Å². The smallest absolute Gasteiger partial charge is 0.255 e. The first kappa shape index (κ1) is 17.0. The number of hydrogen-bond acceptors (Lipinski definition) is 6.